The highest BCUT2D eigenvalue weighted by Gasteiger charge is 2.28. The maximum absolute atomic E-state index is 10.5. The van der Waals surface area contributed by atoms with Gasteiger partial charge < -0.3 is 24.6 Å². The topological polar surface area (TPSA) is 60.0 Å². The minimum Gasteiger partial charge on any atom is -0.493 e. The van der Waals surface area contributed by atoms with Gasteiger partial charge in [0.2, 0.25) is 5.75 Å². The fourth-order valence-corrected chi connectivity index (χ4v) is 3.06. The number of nitrogens with one attached hydrogen (secondary N) is 1. The Morgan fingerprint density at radius 1 is 1.00 bits per heavy atom. The van der Waals surface area contributed by atoms with Crippen LogP contribution in [-0.4, -0.2) is 38.6 Å². The maximum atomic E-state index is 10.5. The Morgan fingerprint density at radius 3 is 2.09 bits per heavy atom. The average molecular weight is 309 g/mol. The molecule has 0 amide bonds. The van der Waals surface area contributed by atoms with Crippen LogP contribution in [0, 0.1) is 0 Å². The van der Waals surface area contributed by atoms with Gasteiger partial charge in [0.15, 0.2) is 11.5 Å². The molecule has 0 aliphatic heterocycles. The summed E-state index contributed by atoms with van der Waals surface area (Å²) in [7, 11) is 4.81. The van der Waals surface area contributed by atoms with Gasteiger partial charge >= 0.3 is 0 Å². The second kappa shape index (κ2) is 7.70. The van der Waals surface area contributed by atoms with E-state index in [-0.39, 0.29) is 0 Å². The molecule has 0 radical (unpaired) electrons. The Bertz CT molecular complexity index is 459. The number of ether oxygens (including phenoxy) is 3. The van der Waals surface area contributed by atoms with Gasteiger partial charge in [-0.2, -0.15) is 0 Å². The van der Waals surface area contributed by atoms with E-state index in [9.17, 15) is 5.11 Å². The van der Waals surface area contributed by atoms with E-state index in [1.54, 1.807) is 21.3 Å². The second-order valence-electron chi connectivity index (χ2n) is 5.92. The van der Waals surface area contributed by atoms with Gasteiger partial charge in [-0.3, -0.25) is 0 Å². The lowest BCUT2D eigenvalue weighted by molar-refractivity contribution is 0.00467. The molecule has 0 atom stereocenters. The largest absolute Gasteiger partial charge is 0.493 e. The van der Waals surface area contributed by atoms with Crippen LogP contribution in [0.2, 0.25) is 0 Å². The average Bonchev–Trinajstić information content (AvgIpc) is 2.54. The number of benzene rings is 1. The van der Waals surface area contributed by atoms with Gasteiger partial charge in [0.1, 0.15) is 0 Å². The first-order valence-corrected chi connectivity index (χ1v) is 7.84. The monoisotopic (exact) mass is 309 g/mol. The van der Waals surface area contributed by atoms with Crippen molar-refractivity contribution in [2.75, 3.05) is 27.9 Å². The van der Waals surface area contributed by atoms with E-state index in [0.717, 1.165) is 31.2 Å². The zero-order valence-electron chi connectivity index (χ0n) is 13.8. The lowest BCUT2D eigenvalue weighted by atomic mass is 9.85. The third-order valence-electron chi connectivity index (χ3n) is 4.29. The minimum atomic E-state index is -0.557. The number of hydrogen-bond acceptors (Lipinski definition) is 5. The molecule has 0 unspecified atom stereocenters. The molecular weight excluding hydrogens is 282 g/mol. The Morgan fingerprint density at radius 2 is 1.59 bits per heavy atom. The number of hydrogen-bond donors (Lipinski definition) is 2. The van der Waals surface area contributed by atoms with Gasteiger partial charge in [0, 0.05) is 13.1 Å². The molecule has 0 heterocycles. The summed E-state index contributed by atoms with van der Waals surface area (Å²) in [5, 5.41) is 13.9. The summed E-state index contributed by atoms with van der Waals surface area (Å²) in [6.07, 6.45) is 5.23. The van der Waals surface area contributed by atoms with Crippen LogP contribution in [0.3, 0.4) is 0 Å². The molecule has 0 aromatic heterocycles. The van der Waals surface area contributed by atoms with Crippen LogP contribution >= 0.6 is 0 Å². The smallest absolute Gasteiger partial charge is 0.203 e. The molecule has 1 aliphatic rings. The van der Waals surface area contributed by atoms with Crippen LogP contribution in [0.25, 0.3) is 0 Å². The van der Waals surface area contributed by atoms with E-state index in [0.29, 0.717) is 30.3 Å². The van der Waals surface area contributed by atoms with E-state index in [4.69, 9.17) is 14.2 Å². The first-order valence-electron chi connectivity index (χ1n) is 7.84. The minimum absolute atomic E-state index is 0.557. The Labute approximate surface area is 132 Å². The van der Waals surface area contributed by atoms with Crippen LogP contribution in [0.4, 0.5) is 0 Å². The third kappa shape index (κ3) is 4.05. The maximum Gasteiger partial charge on any atom is 0.203 e. The molecule has 1 saturated carbocycles. The third-order valence-corrected chi connectivity index (χ3v) is 4.29. The van der Waals surface area contributed by atoms with Crippen LogP contribution in [0.1, 0.15) is 37.7 Å². The lowest BCUT2D eigenvalue weighted by Crippen LogP contribution is -2.41. The molecule has 1 fully saturated rings. The van der Waals surface area contributed by atoms with Crippen molar-refractivity contribution < 1.29 is 19.3 Å². The standard InChI is InChI=1S/C17H27NO4/c1-20-14-9-13(10-15(21-2)16(14)22-3)11-18-12-17(19)7-5-4-6-8-17/h9-10,18-19H,4-8,11-12H2,1-3H3. The van der Waals surface area contributed by atoms with Crippen molar-refractivity contribution in [3.05, 3.63) is 17.7 Å². The van der Waals surface area contributed by atoms with Gasteiger partial charge in [-0.05, 0) is 30.5 Å². The van der Waals surface area contributed by atoms with Gasteiger partial charge in [0.25, 0.3) is 0 Å². The zero-order valence-corrected chi connectivity index (χ0v) is 13.8. The number of rotatable bonds is 7. The molecular formula is C17H27NO4. The van der Waals surface area contributed by atoms with E-state index in [1.807, 2.05) is 12.1 Å². The van der Waals surface area contributed by atoms with Crippen LogP contribution in [-0.2, 0) is 6.54 Å². The van der Waals surface area contributed by atoms with E-state index < -0.39 is 5.60 Å². The predicted molar refractivity (Wildman–Crippen MR) is 85.8 cm³/mol. The fourth-order valence-electron chi connectivity index (χ4n) is 3.06. The van der Waals surface area contributed by atoms with Crippen LogP contribution in [0.5, 0.6) is 17.2 Å². The highest BCUT2D eigenvalue weighted by Crippen LogP contribution is 2.38. The van der Waals surface area contributed by atoms with Gasteiger partial charge in [-0.25, -0.2) is 0 Å². The van der Waals surface area contributed by atoms with Crippen molar-refractivity contribution in [1.29, 1.82) is 0 Å². The molecule has 5 heteroatoms. The summed E-state index contributed by atoms with van der Waals surface area (Å²) in [6.45, 7) is 1.27. The Kier molecular flexibility index (Phi) is 5.91. The molecule has 124 valence electrons. The van der Waals surface area contributed by atoms with E-state index >= 15 is 0 Å². The van der Waals surface area contributed by atoms with Crippen molar-refractivity contribution in [2.45, 2.75) is 44.2 Å². The van der Waals surface area contributed by atoms with Gasteiger partial charge in [0.05, 0.1) is 26.9 Å². The lowest BCUT2D eigenvalue weighted by Gasteiger charge is -2.32. The molecule has 1 aliphatic carbocycles. The quantitative estimate of drug-likeness (QED) is 0.810. The fraction of sp³-hybridized carbons (Fsp3) is 0.647. The summed E-state index contributed by atoms with van der Waals surface area (Å²) in [6, 6.07) is 3.86. The summed E-state index contributed by atoms with van der Waals surface area (Å²) >= 11 is 0. The molecule has 1 aromatic rings. The molecule has 1 aromatic carbocycles. The molecule has 22 heavy (non-hydrogen) atoms. The molecule has 5 nitrogen and oxygen atoms in total. The normalized spacial score (nSPS) is 17.1. The van der Waals surface area contributed by atoms with E-state index in [2.05, 4.69) is 5.32 Å². The van der Waals surface area contributed by atoms with Gasteiger partial charge in [-0.15, -0.1) is 0 Å². The molecule has 2 rings (SSSR count). The predicted octanol–water partition coefficient (Wildman–Crippen LogP) is 2.50. The van der Waals surface area contributed by atoms with Crippen molar-refractivity contribution in [2.24, 2.45) is 0 Å². The summed E-state index contributed by atoms with van der Waals surface area (Å²) in [5.41, 5.74) is 0.479. The van der Waals surface area contributed by atoms with Crippen LogP contribution < -0.4 is 19.5 Å². The molecule has 0 bridgehead atoms. The van der Waals surface area contributed by atoms with Crippen molar-refractivity contribution in [3.63, 3.8) is 0 Å². The Hall–Kier alpha value is -1.46. The van der Waals surface area contributed by atoms with Crippen molar-refractivity contribution in [3.8, 4) is 17.2 Å². The van der Waals surface area contributed by atoms with Crippen molar-refractivity contribution >= 4 is 0 Å². The summed E-state index contributed by atoms with van der Waals surface area (Å²) < 4.78 is 16.0. The molecule has 0 spiro atoms. The van der Waals surface area contributed by atoms with Crippen LogP contribution in [0.15, 0.2) is 12.1 Å². The number of aliphatic hydroxyl groups is 1. The summed E-state index contributed by atoms with van der Waals surface area (Å²) in [4.78, 5) is 0. The van der Waals surface area contributed by atoms with E-state index in [1.165, 1.54) is 6.42 Å². The first kappa shape index (κ1) is 16.9. The van der Waals surface area contributed by atoms with Crippen molar-refractivity contribution in [1.82, 2.24) is 5.32 Å². The number of methoxy groups -OCH3 is 3. The highest BCUT2D eigenvalue weighted by atomic mass is 16.5. The molecule has 2 N–H and O–H groups in total. The van der Waals surface area contributed by atoms with Gasteiger partial charge in [-0.1, -0.05) is 19.3 Å². The second-order valence-corrected chi connectivity index (χ2v) is 5.92. The Balaban J connectivity index is 2.00. The summed E-state index contributed by atoms with van der Waals surface area (Å²) in [5.74, 6) is 1.89. The highest BCUT2D eigenvalue weighted by molar-refractivity contribution is 5.53. The zero-order chi connectivity index (χ0) is 16.0. The molecule has 0 saturated heterocycles. The first-order chi connectivity index (χ1) is 10.6. The SMILES string of the molecule is COc1cc(CNCC2(O)CCCCC2)cc(OC)c1OC.